The Labute approximate surface area is 152 Å². The topological polar surface area (TPSA) is 67.4 Å². The molecule has 25 heavy (non-hydrogen) atoms. The maximum Gasteiger partial charge on any atom is 0.313 e. The number of ether oxygens (including phenoxy) is 1. The average molecular weight is 361 g/mol. The summed E-state index contributed by atoms with van der Waals surface area (Å²) in [5.41, 5.74) is 0.634. The third kappa shape index (κ3) is 4.59. The van der Waals surface area contributed by atoms with E-state index in [1.807, 2.05) is 37.3 Å². The molecule has 0 bridgehead atoms. The van der Waals surface area contributed by atoms with E-state index >= 15 is 0 Å². The lowest BCUT2D eigenvalue weighted by molar-refractivity contribution is -0.137. The van der Waals surface area contributed by atoms with Crippen LogP contribution >= 0.6 is 11.6 Å². The molecule has 1 unspecified atom stereocenters. The van der Waals surface area contributed by atoms with Gasteiger partial charge in [0.25, 0.3) is 0 Å². The Hall–Kier alpha value is -2.37. The fraction of sp³-hybridized carbons (Fsp3) is 0.263. The van der Waals surface area contributed by atoms with Crippen molar-refractivity contribution in [3.63, 3.8) is 0 Å². The van der Waals surface area contributed by atoms with Crippen molar-refractivity contribution in [1.82, 2.24) is 5.32 Å². The van der Waals surface area contributed by atoms with E-state index in [0.29, 0.717) is 17.1 Å². The molecule has 2 aromatic rings. The number of carbonyl (C=O) groups is 2. The van der Waals surface area contributed by atoms with Crippen LogP contribution in [0.1, 0.15) is 18.9 Å². The predicted octanol–water partition coefficient (Wildman–Crippen LogP) is 3.35. The minimum atomic E-state index is -0.776. The quantitative estimate of drug-likeness (QED) is 0.776. The van der Waals surface area contributed by atoms with Crippen molar-refractivity contribution in [3.8, 4) is 0 Å². The Morgan fingerprint density at radius 2 is 1.68 bits per heavy atom. The second-order valence-electron chi connectivity index (χ2n) is 5.53. The summed E-state index contributed by atoms with van der Waals surface area (Å²) in [4.78, 5) is 24.2. The molecule has 2 amide bonds. The van der Waals surface area contributed by atoms with Crippen LogP contribution in [0.3, 0.4) is 0 Å². The molecule has 2 aromatic carbocycles. The summed E-state index contributed by atoms with van der Waals surface area (Å²) in [6.45, 7) is 2.14. The van der Waals surface area contributed by atoms with Gasteiger partial charge < -0.3 is 15.4 Å². The van der Waals surface area contributed by atoms with Crippen LogP contribution in [-0.2, 0) is 19.9 Å². The van der Waals surface area contributed by atoms with Gasteiger partial charge in [-0.15, -0.1) is 0 Å². The van der Waals surface area contributed by atoms with E-state index in [-0.39, 0.29) is 6.54 Å². The van der Waals surface area contributed by atoms with Crippen LogP contribution in [0.4, 0.5) is 5.69 Å². The predicted molar refractivity (Wildman–Crippen MR) is 98.5 cm³/mol. The summed E-state index contributed by atoms with van der Waals surface area (Å²) in [7, 11) is 1.59. The Bertz CT molecular complexity index is 730. The molecule has 0 spiro atoms. The highest BCUT2D eigenvalue weighted by molar-refractivity contribution is 6.41. The molecule has 0 aliphatic rings. The molecular weight excluding hydrogens is 340 g/mol. The van der Waals surface area contributed by atoms with Crippen LogP contribution < -0.4 is 10.6 Å². The first kappa shape index (κ1) is 19.0. The van der Waals surface area contributed by atoms with Crippen LogP contribution in [0.2, 0.25) is 5.02 Å². The lowest BCUT2D eigenvalue weighted by atomic mass is 9.90. The molecule has 0 aromatic heterocycles. The highest BCUT2D eigenvalue weighted by atomic mass is 35.5. The van der Waals surface area contributed by atoms with Crippen molar-refractivity contribution in [2.24, 2.45) is 0 Å². The summed E-state index contributed by atoms with van der Waals surface area (Å²) in [6.07, 6.45) is 0.639. The summed E-state index contributed by atoms with van der Waals surface area (Å²) < 4.78 is 5.67. The van der Waals surface area contributed by atoms with Crippen molar-refractivity contribution in [2.45, 2.75) is 18.9 Å². The Morgan fingerprint density at radius 3 is 2.28 bits per heavy atom. The smallest absolute Gasteiger partial charge is 0.313 e. The van der Waals surface area contributed by atoms with Gasteiger partial charge in [-0.05, 0) is 24.1 Å². The molecule has 0 saturated carbocycles. The van der Waals surface area contributed by atoms with E-state index in [1.54, 1.807) is 31.4 Å². The van der Waals surface area contributed by atoms with Gasteiger partial charge in [0.2, 0.25) is 0 Å². The summed E-state index contributed by atoms with van der Waals surface area (Å²) in [5.74, 6) is -1.52. The number of amides is 2. The first-order chi connectivity index (χ1) is 12.0. The first-order valence-corrected chi connectivity index (χ1v) is 8.34. The number of rotatable bonds is 6. The third-order valence-corrected chi connectivity index (χ3v) is 4.45. The number of carbonyl (C=O) groups excluding carboxylic acids is 2. The number of nitrogens with one attached hydrogen (secondary N) is 2. The average Bonchev–Trinajstić information content (AvgIpc) is 2.65. The summed E-state index contributed by atoms with van der Waals surface area (Å²) >= 11 is 5.98. The summed E-state index contributed by atoms with van der Waals surface area (Å²) in [6, 6.07) is 16.3. The minimum absolute atomic E-state index is 0.179. The molecule has 2 rings (SSSR count). The first-order valence-electron chi connectivity index (χ1n) is 7.97. The molecule has 0 heterocycles. The number of benzene rings is 2. The number of anilines is 1. The lowest BCUT2D eigenvalue weighted by Gasteiger charge is -2.32. The molecule has 2 N–H and O–H groups in total. The zero-order valence-electron chi connectivity index (χ0n) is 14.2. The van der Waals surface area contributed by atoms with E-state index in [1.165, 1.54) is 0 Å². The summed E-state index contributed by atoms with van der Waals surface area (Å²) in [5, 5.41) is 5.51. The Balaban J connectivity index is 2.04. The standard InChI is InChI=1S/C19H21ClN2O3/c1-3-19(25-2,14-9-5-4-6-10-14)13-21-17(23)18(24)22-16-12-8-7-11-15(16)20/h4-12H,3,13H2,1-2H3,(H,21,23)(H,22,24). The van der Waals surface area contributed by atoms with E-state index in [4.69, 9.17) is 16.3 Å². The zero-order valence-corrected chi connectivity index (χ0v) is 15.0. The molecule has 0 radical (unpaired) electrons. The van der Waals surface area contributed by atoms with Gasteiger partial charge in [-0.1, -0.05) is 61.0 Å². The van der Waals surface area contributed by atoms with Gasteiger partial charge in [-0.2, -0.15) is 0 Å². The third-order valence-electron chi connectivity index (χ3n) is 4.12. The highest BCUT2D eigenvalue weighted by Crippen LogP contribution is 2.28. The van der Waals surface area contributed by atoms with Crippen LogP contribution in [0.15, 0.2) is 54.6 Å². The lowest BCUT2D eigenvalue weighted by Crippen LogP contribution is -2.45. The van der Waals surface area contributed by atoms with E-state index in [0.717, 1.165) is 5.56 Å². The minimum Gasteiger partial charge on any atom is -0.372 e. The fourth-order valence-electron chi connectivity index (χ4n) is 2.55. The van der Waals surface area contributed by atoms with Gasteiger partial charge in [-0.25, -0.2) is 0 Å². The SMILES string of the molecule is CCC(CNC(=O)C(=O)Nc1ccccc1Cl)(OC)c1ccccc1. The molecule has 6 heteroatoms. The molecule has 0 aliphatic carbocycles. The van der Waals surface area contributed by atoms with Crippen molar-refractivity contribution in [2.75, 3.05) is 19.0 Å². The number of halogens is 1. The molecule has 0 saturated heterocycles. The number of hydrogen-bond acceptors (Lipinski definition) is 3. The van der Waals surface area contributed by atoms with Crippen LogP contribution in [0.5, 0.6) is 0 Å². The molecule has 0 fully saturated rings. The number of hydrogen-bond donors (Lipinski definition) is 2. The van der Waals surface area contributed by atoms with Crippen molar-refractivity contribution < 1.29 is 14.3 Å². The maximum atomic E-state index is 12.1. The molecule has 0 aliphatic heterocycles. The number of para-hydroxylation sites is 1. The molecule has 5 nitrogen and oxygen atoms in total. The zero-order chi connectivity index (χ0) is 18.3. The van der Waals surface area contributed by atoms with Crippen LogP contribution in [0.25, 0.3) is 0 Å². The van der Waals surface area contributed by atoms with Gasteiger partial charge in [-0.3, -0.25) is 9.59 Å². The molecular formula is C19H21ClN2O3. The molecule has 1 atom stereocenters. The van der Waals surface area contributed by atoms with Gasteiger partial charge in [0, 0.05) is 7.11 Å². The van der Waals surface area contributed by atoms with Crippen LogP contribution in [-0.4, -0.2) is 25.5 Å². The monoisotopic (exact) mass is 360 g/mol. The van der Waals surface area contributed by atoms with Crippen LogP contribution in [0, 0.1) is 0 Å². The molecule has 132 valence electrons. The van der Waals surface area contributed by atoms with Crippen molar-refractivity contribution in [1.29, 1.82) is 0 Å². The second kappa shape index (κ2) is 8.65. The van der Waals surface area contributed by atoms with E-state index in [2.05, 4.69) is 10.6 Å². The fourth-order valence-corrected chi connectivity index (χ4v) is 2.74. The second-order valence-corrected chi connectivity index (χ2v) is 5.94. The Morgan fingerprint density at radius 1 is 1.04 bits per heavy atom. The van der Waals surface area contributed by atoms with Gasteiger partial charge in [0.05, 0.1) is 17.3 Å². The Kier molecular flexibility index (Phi) is 6.56. The highest BCUT2D eigenvalue weighted by Gasteiger charge is 2.31. The van der Waals surface area contributed by atoms with E-state index in [9.17, 15) is 9.59 Å². The van der Waals surface area contributed by atoms with Gasteiger partial charge in [0.15, 0.2) is 0 Å². The number of methoxy groups -OCH3 is 1. The maximum absolute atomic E-state index is 12.1. The van der Waals surface area contributed by atoms with Gasteiger partial charge >= 0.3 is 11.8 Å². The van der Waals surface area contributed by atoms with Gasteiger partial charge in [0.1, 0.15) is 5.60 Å². The largest absolute Gasteiger partial charge is 0.372 e. The van der Waals surface area contributed by atoms with Crippen molar-refractivity contribution >= 4 is 29.1 Å². The normalized spacial score (nSPS) is 12.9. The van der Waals surface area contributed by atoms with E-state index < -0.39 is 17.4 Å². The van der Waals surface area contributed by atoms with Crippen molar-refractivity contribution in [3.05, 3.63) is 65.2 Å².